The molecule has 3 heterocycles. The van der Waals surface area contributed by atoms with Crippen LogP contribution < -0.4 is 10.1 Å². The average molecular weight is 537 g/mol. The van der Waals surface area contributed by atoms with Crippen LogP contribution in [0.15, 0.2) is 48.5 Å². The van der Waals surface area contributed by atoms with Crippen molar-refractivity contribution < 1.29 is 43.7 Å². The van der Waals surface area contributed by atoms with E-state index in [0.29, 0.717) is 10.4 Å². The van der Waals surface area contributed by atoms with E-state index in [1.165, 1.54) is 0 Å². The van der Waals surface area contributed by atoms with Gasteiger partial charge in [-0.05, 0) is 23.3 Å². The zero-order valence-electron chi connectivity index (χ0n) is 19.6. The fourth-order valence-electron chi connectivity index (χ4n) is 4.44. The average Bonchev–Trinajstić information content (AvgIpc) is 3.38. The van der Waals surface area contributed by atoms with Gasteiger partial charge in [-0.3, -0.25) is 19.3 Å². The number of hydrogen-bond acceptors (Lipinski definition) is 8. The van der Waals surface area contributed by atoms with Gasteiger partial charge in [0.25, 0.3) is 11.8 Å². The minimum Gasteiger partial charge on any atom is -0.488 e. The Morgan fingerprint density at radius 2 is 1.82 bits per heavy atom. The third-order valence-corrected chi connectivity index (χ3v) is 7.31. The summed E-state index contributed by atoms with van der Waals surface area (Å²) in [7, 11) is 0. The molecule has 1 aromatic heterocycles. The van der Waals surface area contributed by atoms with E-state index in [1.54, 1.807) is 18.2 Å². The van der Waals surface area contributed by atoms with Crippen LogP contribution in [0.3, 0.4) is 0 Å². The fraction of sp³-hybridized carbons (Fsp3) is 0.192. The molecule has 11 nitrogen and oxygen atoms in total. The Labute approximate surface area is 219 Å². The molecule has 2 aliphatic rings. The van der Waals surface area contributed by atoms with E-state index >= 15 is 0 Å². The van der Waals surface area contributed by atoms with E-state index in [9.17, 15) is 29.1 Å². The number of carboxylic acid groups (broad SMARTS) is 2. The molecular formula is C26H20N2O9S. The molecule has 1 atom stereocenters. The standard InChI is InChI=1S/C26H20N2O9S/c29-21(26(34)35)27-22-20(25(32)33)16-9-14(36-12-18(16)38-22)10-28-23(30)15-7-4-8-17(19(15)24(28)31)37-11-13-5-2-1-3-6-13/h1-8,14H,9-12H2,(H,27,29)(H,32,33)(H,34,35). The highest BCUT2D eigenvalue weighted by atomic mass is 32.1. The number of nitrogens with zero attached hydrogens (tertiary/aromatic N) is 1. The molecule has 3 amide bonds. The second-order valence-electron chi connectivity index (χ2n) is 8.58. The maximum absolute atomic E-state index is 13.3. The lowest BCUT2D eigenvalue weighted by molar-refractivity contribution is -0.147. The Kier molecular flexibility index (Phi) is 6.66. The van der Waals surface area contributed by atoms with E-state index in [-0.39, 0.29) is 53.6 Å². The quantitative estimate of drug-likeness (QED) is 0.305. The molecule has 12 heteroatoms. The van der Waals surface area contributed by atoms with Crippen molar-refractivity contribution in [2.75, 3.05) is 11.9 Å². The zero-order chi connectivity index (χ0) is 27.0. The fourth-order valence-corrected chi connectivity index (χ4v) is 5.58. The lowest BCUT2D eigenvalue weighted by Gasteiger charge is -2.26. The molecule has 5 rings (SSSR count). The van der Waals surface area contributed by atoms with Crippen LogP contribution in [0.4, 0.5) is 5.00 Å². The lowest BCUT2D eigenvalue weighted by Crippen LogP contribution is -2.40. The SMILES string of the molecule is O=C(O)C(=O)Nc1sc2c(c1C(=O)O)CC(CN1C(=O)c3cccc(OCc4ccccc4)c3C1=O)OC2. The molecule has 0 bridgehead atoms. The number of rotatable bonds is 7. The van der Waals surface area contributed by atoms with E-state index in [4.69, 9.17) is 14.6 Å². The molecule has 2 aliphatic heterocycles. The van der Waals surface area contributed by atoms with Crippen molar-refractivity contribution in [3.8, 4) is 5.75 Å². The van der Waals surface area contributed by atoms with Crippen LogP contribution in [0.1, 0.15) is 47.1 Å². The van der Waals surface area contributed by atoms with Gasteiger partial charge < -0.3 is 25.0 Å². The van der Waals surface area contributed by atoms with Gasteiger partial charge in [0.1, 0.15) is 17.4 Å². The highest BCUT2D eigenvalue weighted by Gasteiger charge is 2.41. The number of fused-ring (bicyclic) bond motifs is 2. The minimum absolute atomic E-state index is 0.0253. The number of hydrogen-bond donors (Lipinski definition) is 3. The number of benzene rings is 2. The second kappa shape index (κ2) is 10.1. The first-order chi connectivity index (χ1) is 18.2. The van der Waals surface area contributed by atoms with Crippen LogP contribution in [0.25, 0.3) is 0 Å². The van der Waals surface area contributed by atoms with Crippen molar-refractivity contribution in [3.63, 3.8) is 0 Å². The van der Waals surface area contributed by atoms with E-state index in [2.05, 4.69) is 5.32 Å². The summed E-state index contributed by atoms with van der Waals surface area (Å²) < 4.78 is 11.7. The molecule has 3 N–H and O–H groups in total. The summed E-state index contributed by atoms with van der Waals surface area (Å²) in [5, 5.41) is 20.6. The van der Waals surface area contributed by atoms with Crippen molar-refractivity contribution in [1.29, 1.82) is 0 Å². The Balaban J connectivity index is 1.34. The summed E-state index contributed by atoms with van der Waals surface area (Å²) in [5.74, 6) is -5.22. The monoisotopic (exact) mass is 536 g/mol. The second-order valence-corrected chi connectivity index (χ2v) is 9.69. The van der Waals surface area contributed by atoms with E-state index in [1.807, 2.05) is 30.3 Å². The predicted octanol–water partition coefficient (Wildman–Crippen LogP) is 2.79. The maximum Gasteiger partial charge on any atom is 0.394 e. The van der Waals surface area contributed by atoms with Gasteiger partial charge in [0, 0.05) is 11.3 Å². The van der Waals surface area contributed by atoms with Crippen molar-refractivity contribution in [2.45, 2.75) is 25.7 Å². The van der Waals surface area contributed by atoms with Crippen LogP contribution in [-0.4, -0.2) is 57.4 Å². The molecular weight excluding hydrogens is 516 g/mol. The van der Waals surface area contributed by atoms with Gasteiger partial charge in [0.05, 0.1) is 35.9 Å². The van der Waals surface area contributed by atoms with Crippen LogP contribution >= 0.6 is 11.3 Å². The lowest BCUT2D eigenvalue weighted by atomic mass is 10.0. The van der Waals surface area contributed by atoms with Gasteiger partial charge in [-0.25, -0.2) is 9.59 Å². The van der Waals surface area contributed by atoms with Crippen LogP contribution in [0.2, 0.25) is 0 Å². The molecule has 0 saturated heterocycles. The Hall–Kier alpha value is -4.55. The first-order valence-electron chi connectivity index (χ1n) is 11.4. The molecule has 0 saturated carbocycles. The number of carbonyl (C=O) groups excluding carboxylic acids is 3. The number of nitrogens with one attached hydrogen (secondary N) is 1. The van der Waals surface area contributed by atoms with Crippen LogP contribution in [0.5, 0.6) is 5.75 Å². The molecule has 1 unspecified atom stereocenters. The summed E-state index contributed by atoms with van der Waals surface area (Å²) in [4.78, 5) is 62.4. The Morgan fingerprint density at radius 1 is 1.05 bits per heavy atom. The molecule has 194 valence electrons. The first kappa shape index (κ1) is 25.1. The first-order valence-corrected chi connectivity index (χ1v) is 12.3. The molecule has 3 aromatic rings. The summed E-state index contributed by atoms with van der Waals surface area (Å²) in [6.07, 6.45) is -0.671. The van der Waals surface area contributed by atoms with Gasteiger partial charge in [0.2, 0.25) is 0 Å². The number of carbonyl (C=O) groups is 5. The highest BCUT2D eigenvalue weighted by Crippen LogP contribution is 2.39. The van der Waals surface area contributed by atoms with Crippen molar-refractivity contribution in [2.24, 2.45) is 0 Å². The normalized spacial score (nSPS) is 16.1. The van der Waals surface area contributed by atoms with Gasteiger partial charge in [-0.1, -0.05) is 36.4 Å². The molecule has 0 radical (unpaired) electrons. The largest absolute Gasteiger partial charge is 0.488 e. The highest BCUT2D eigenvalue weighted by molar-refractivity contribution is 7.17. The number of imide groups is 1. The molecule has 38 heavy (non-hydrogen) atoms. The van der Waals surface area contributed by atoms with Crippen molar-refractivity contribution in [3.05, 3.63) is 81.2 Å². The van der Waals surface area contributed by atoms with Crippen LogP contribution in [0, 0.1) is 0 Å². The third-order valence-electron chi connectivity index (χ3n) is 6.19. The number of aliphatic carboxylic acids is 1. The van der Waals surface area contributed by atoms with Gasteiger partial charge in [0.15, 0.2) is 0 Å². The number of ether oxygens (including phenoxy) is 2. The minimum atomic E-state index is -1.75. The number of carboxylic acids is 2. The van der Waals surface area contributed by atoms with Gasteiger partial charge >= 0.3 is 17.8 Å². The van der Waals surface area contributed by atoms with E-state index < -0.39 is 35.8 Å². The number of anilines is 1. The van der Waals surface area contributed by atoms with Crippen LogP contribution in [-0.2, 0) is 34.0 Å². The maximum atomic E-state index is 13.3. The van der Waals surface area contributed by atoms with Crippen molar-refractivity contribution >= 4 is 46.0 Å². The summed E-state index contributed by atoms with van der Waals surface area (Å²) >= 11 is 0.912. The number of thiophene rings is 1. The Bertz CT molecular complexity index is 1480. The topological polar surface area (TPSA) is 160 Å². The summed E-state index contributed by atoms with van der Waals surface area (Å²) in [6.45, 7) is 0.0578. The molecule has 2 aromatic carbocycles. The summed E-state index contributed by atoms with van der Waals surface area (Å²) in [5.41, 5.74) is 1.40. The molecule has 0 spiro atoms. The molecule has 0 aliphatic carbocycles. The van der Waals surface area contributed by atoms with Gasteiger partial charge in [-0.15, -0.1) is 11.3 Å². The third kappa shape index (κ3) is 4.62. The predicted molar refractivity (Wildman–Crippen MR) is 132 cm³/mol. The zero-order valence-corrected chi connectivity index (χ0v) is 20.4. The smallest absolute Gasteiger partial charge is 0.394 e. The van der Waals surface area contributed by atoms with Crippen molar-refractivity contribution in [1.82, 2.24) is 4.90 Å². The Morgan fingerprint density at radius 3 is 2.53 bits per heavy atom. The summed E-state index contributed by atoms with van der Waals surface area (Å²) in [6, 6.07) is 14.2. The molecule has 0 fully saturated rings. The van der Waals surface area contributed by atoms with E-state index in [0.717, 1.165) is 21.8 Å². The number of amides is 3. The number of aromatic carboxylic acids is 1. The van der Waals surface area contributed by atoms with Gasteiger partial charge in [-0.2, -0.15) is 0 Å².